The van der Waals surface area contributed by atoms with Gasteiger partial charge in [0, 0.05) is 37.6 Å². The van der Waals surface area contributed by atoms with Crippen LogP contribution in [0.3, 0.4) is 0 Å². The Morgan fingerprint density at radius 2 is 2.00 bits per heavy atom. The van der Waals surface area contributed by atoms with Crippen LogP contribution in [0.1, 0.15) is 53.4 Å². The molecule has 0 aliphatic carbocycles. The number of guanidine groups is 1. The van der Waals surface area contributed by atoms with Gasteiger partial charge in [-0.1, -0.05) is 27.2 Å². The number of amides is 1. The monoisotopic (exact) mass is 351 g/mol. The van der Waals surface area contributed by atoms with Gasteiger partial charge in [0.25, 0.3) is 0 Å². The van der Waals surface area contributed by atoms with E-state index in [9.17, 15) is 4.79 Å². The standard InChI is InChI=1S/C19H37N5O/c1-5-20-19(21-13-17-9-7-8-11-23(17)6-2)22-16-10-12-24(14-16)18(25)15(3)4/h15-17H,5-14H2,1-4H3,(H2,20,21,22). The smallest absolute Gasteiger partial charge is 0.225 e. The molecule has 2 aliphatic rings. The molecule has 0 spiro atoms. The number of piperidine rings is 1. The van der Waals surface area contributed by atoms with Gasteiger partial charge in [0.05, 0.1) is 6.54 Å². The van der Waals surface area contributed by atoms with Crippen molar-refractivity contribution in [1.29, 1.82) is 0 Å². The molecule has 2 unspecified atom stereocenters. The first kappa shape index (κ1) is 20.0. The summed E-state index contributed by atoms with van der Waals surface area (Å²) < 4.78 is 0. The van der Waals surface area contributed by atoms with Gasteiger partial charge in [0.1, 0.15) is 0 Å². The van der Waals surface area contributed by atoms with E-state index >= 15 is 0 Å². The second kappa shape index (κ2) is 10.00. The average molecular weight is 352 g/mol. The summed E-state index contributed by atoms with van der Waals surface area (Å²) in [6.07, 6.45) is 4.87. The maximum atomic E-state index is 12.2. The molecule has 2 atom stereocenters. The lowest BCUT2D eigenvalue weighted by atomic mass is 10.0. The molecule has 2 rings (SSSR count). The van der Waals surface area contributed by atoms with Gasteiger partial charge in [-0.25, -0.2) is 0 Å². The van der Waals surface area contributed by atoms with Gasteiger partial charge in [0.2, 0.25) is 5.91 Å². The number of carbonyl (C=O) groups excluding carboxylic acids is 1. The highest BCUT2D eigenvalue weighted by Crippen LogP contribution is 2.17. The predicted molar refractivity (Wildman–Crippen MR) is 104 cm³/mol. The molecule has 0 aromatic rings. The number of hydrogen-bond acceptors (Lipinski definition) is 3. The third kappa shape index (κ3) is 5.87. The molecule has 0 bridgehead atoms. The molecule has 2 N–H and O–H groups in total. The SMILES string of the molecule is CCNC(=NCC1CCCCN1CC)NC1CCN(C(=O)C(C)C)C1. The van der Waals surface area contributed by atoms with E-state index in [-0.39, 0.29) is 11.8 Å². The van der Waals surface area contributed by atoms with Gasteiger partial charge in [-0.05, 0) is 39.3 Å². The Balaban J connectivity index is 1.88. The summed E-state index contributed by atoms with van der Waals surface area (Å²) in [4.78, 5) is 21.5. The molecule has 0 radical (unpaired) electrons. The van der Waals surface area contributed by atoms with Crippen LogP contribution in [0.4, 0.5) is 0 Å². The van der Waals surface area contributed by atoms with Gasteiger partial charge in [-0.2, -0.15) is 0 Å². The zero-order valence-corrected chi connectivity index (χ0v) is 16.6. The Kier molecular flexibility index (Phi) is 8.00. The average Bonchev–Trinajstić information content (AvgIpc) is 3.07. The molecule has 2 saturated heterocycles. The molecule has 1 amide bonds. The van der Waals surface area contributed by atoms with E-state index in [2.05, 4.69) is 29.4 Å². The van der Waals surface area contributed by atoms with Crippen molar-refractivity contribution in [3.8, 4) is 0 Å². The molecule has 0 aromatic heterocycles. The topological polar surface area (TPSA) is 60.0 Å². The summed E-state index contributed by atoms with van der Waals surface area (Å²) in [5, 5.41) is 6.91. The normalized spacial score (nSPS) is 25.5. The minimum Gasteiger partial charge on any atom is -0.357 e. The Labute approximate surface area is 153 Å². The van der Waals surface area contributed by atoms with Gasteiger partial charge >= 0.3 is 0 Å². The van der Waals surface area contributed by atoms with Crippen LogP contribution >= 0.6 is 0 Å². The quantitative estimate of drug-likeness (QED) is 0.565. The molecule has 2 aliphatic heterocycles. The van der Waals surface area contributed by atoms with Crippen LogP contribution < -0.4 is 10.6 Å². The summed E-state index contributed by atoms with van der Waals surface area (Å²) in [5.74, 6) is 1.23. The maximum absolute atomic E-state index is 12.2. The Morgan fingerprint density at radius 3 is 2.68 bits per heavy atom. The fourth-order valence-electron chi connectivity index (χ4n) is 3.84. The first-order valence-electron chi connectivity index (χ1n) is 10.1. The number of nitrogens with zero attached hydrogens (tertiary/aromatic N) is 3. The van der Waals surface area contributed by atoms with Crippen molar-refractivity contribution in [3.05, 3.63) is 0 Å². The van der Waals surface area contributed by atoms with Crippen molar-refractivity contribution in [2.45, 2.75) is 65.5 Å². The third-order valence-corrected chi connectivity index (χ3v) is 5.29. The van der Waals surface area contributed by atoms with Crippen molar-refractivity contribution in [1.82, 2.24) is 20.4 Å². The van der Waals surface area contributed by atoms with Crippen molar-refractivity contribution in [2.24, 2.45) is 10.9 Å². The number of hydrogen-bond donors (Lipinski definition) is 2. The highest BCUT2D eigenvalue weighted by atomic mass is 16.2. The van der Waals surface area contributed by atoms with Crippen LogP contribution in [0.25, 0.3) is 0 Å². The number of likely N-dealkylation sites (tertiary alicyclic amines) is 2. The predicted octanol–water partition coefficient (Wildman–Crippen LogP) is 1.67. The highest BCUT2D eigenvalue weighted by Gasteiger charge is 2.28. The lowest BCUT2D eigenvalue weighted by molar-refractivity contribution is -0.133. The molecular weight excluding hydrogens is 314 g/mol. The molecule has 25 heavy (non-hydrogen) atoms. The van der Waals surface area contributed by atoms with Crippen molar-refractivity contribution < 1.29 is 4.79 Å². The molecule has 144 valence electrons. The second-order valence-corrected chi connectivity index (χ2v) is 7.57. The molecule has 0 aromatic carbocycles. The Hall–Kier alpha value is -1.30. The van der Waals surface area contributed by atoms with E-state index in [0.29, 0.717) is 12.1 Å². The van der Waals surface area contributed by atoms with E-state index in [0.717, 1.165) is 45.1 Å². The number of likely N-dealkylation sites (N-methyl/N-ethyl adjacent to an activating group) is 1. The van der Waals surface area contributed by atoms with Crippen molar-refractivity contribution >= 4 is 11.9 Å². The number of aliphatic imine (C=N–C) groups is 1. The van der Waals surface area contributed by atoms with Crippen LogP contribution in [0, 0.1) is 5.92 Å². The Bertz CT molecular complexity index is 451. The van der Waals surface area contributed by atoms with Crippen molar-refractivity contribution in [2.75, 3.05) is 39.3 Å². The van der Waals surface area contributed by atoms with Gasteiger partial charge in [-0.3, -0.25) is 14.7 Å². The van der Waals surface area contributed by atoms with Crippen LogP contribution in [0.5, 0.6) is 0 Å². The van der Waals surface area contributed by atoms with E-state index < -0.39 is 0 Å². The number of carbonyl (C=O) groups is 1. The van der Waals surface area contributed by atoms with Gasteiger partial charge < -0.3 is 15.5 Å². The minimum atomic E-state index is 0.0759. The van der Waals surface area contributed by atoms with Crippen LogP contribution in [0.15, 0.2) is 4.99 Å². The summed E-state index contributed by atoms with van der Waals surface area (Å²) in [5.41, 5.74) is 0. The highest BCUT2D eigenvalue weighted by molar-refractivity contribution is 5.81. The lowest BCUT2D eigenvalue weighted by Gasteiger charge is -2.34. The molecule has 6 nitrogen and oxygen atoms in total. The van der Waals surface area contributed by atoms with Gasteiger partial charge in [0.15, 0.2) is 5.96 Å². The molecular formula is C19H37N5O. The van der Waals surface area contributed by atoms with Crippen LogP contribution in [-0.2, 0) is 4.79 Å². The zero-order chi connectivity index (χ0) is 18.2. The van der Waals surface area contributed by atoms with Crippen molar-refractivity contribution in [3.63, 3.8) is 0 Å². The third-order valence-electron chi connectivity index (χ3n) is 5.29. The van der Waals surface area contributed by atoms with Crippen LogP contribution in [0.2, 0.25) is 0 Å². The summed E-state index contributed by atoms with van der Waals surface area (Å²) >= 11 is 0. The molecule has 2 heterocycles. The van der Waals surface area contributed by atoms with E-state index in [4.69, 9.17) is 4.99 Å². The summed E-state index contributed by atoms with van der Waals surface area (Å²) in [6, 6.07) is 0.867. The van der Waals surface area contributed by atoms with Crippen LogP contribution in [-0.4, -0.2) is 73.0 Å². The fourth-order valence-corrected chi connectivity index (χ4v) is 3.84. The van der Waals surface area contributed by atoms with Gasteiger partial charge in [-0.15, -0.1) is 0 Å². The summed E-state index contributed by atoms with van der Waals surface area (Å²) in [6.45, 7) is 13.9. The lowest BCUT2D eigenvalue weighted by Crippen LogP contribution is -2.46. The molecule has 0 saturated carbocycles. The fraction of sp³-hybridized carbons (Fsp3) is 0.895. The Morgan fingerprint density at radius 1 is 1.20 bits per heavy atom. The molecule has 2 fully saturated rings. The second-order valence-electron chi connectivity index (χ2n) is 7.57. The maximum Gasteiger partial charge on any atom is 0.225 e. The van der Waals surface area contributed by atoms with E-state index in [1.165, 1.54) is 25.8 Å². The first-order valence-corrected chi connectivity index (χ1v) is 10.1. The number of rotatable bonds is 6. The molecule has 6 heteroatoms. The van der Waals surface area contributed by atoms with E-state index in [1.807, 2.05) is 18.7 Å². The minimum absolute atomic E-state index is 0.0759. The summed E-state index contributed by atoms with van der Waals surface area (Å²) in [7, 11) is 0. The zero-order valence-electron chi connectivity index (χ0n) is 16.6. The largest absolute Gasteiger partial charge is 0.357 e. The number of nitrogens with one attached hydrogen (secondary N) is 2. The first-order chi connectivity index (χ1) is 12.0. The van der Waals surface area contributed by atoms with E-state index in [1.54, 1.807) is 0 Å².